The van der Waals surface area contributed by atoms with Gasteiger partial charge >= 0.3 is 0 Å². The Kier molecular flexibility index (Phi) is 5.67. The highest BCUT2D eigenvalue weighted by molar-refractivity contribution is 7.98. The lowest BCUT2D eigenvalue weighted by atomic mass is 10.0. The molecule has 1 aliphatic heterocycles. The first kappa shape index (κ1) is 15.9. The molecule has 0 aromatic heterocycles. The molecule has 2 atom stereocenters. The first-order valence-corrected chi connectivity index (χ1v) is 8.69. The summed E-state index contributed by atoms with van der Waals surface area (Å²) in [4.78, 5) is 26.5. The van der Waals surface area contributed by atoms with Crippen LogP contribution in [0.1, 0.15) is 31.4 Å². The fraction of sp³-hybridized carbons (Fsp3) is 0.500. The van der Waals surface area contributed by atoms with Crippen LogP contribution >= 0.6 is 11.8 Å². The standard InChI is InChI=1S/C16H22N2O2S/c1-12-15(19)17-14(13-8-4-3-5-9-13)16(20)18(12)10-6-7-11-21-2/h3-5,8-9,12,14H,6-7,10-11H2,1-2H3,(H,17,19). The number of unbranched alkanes of at least 4 members (excludes halogenated alkanes) is 1. The second-order valence-corrected chi connectivity index (χ2v) is 6.25. The summed E-state index contributed by atoms with van der Waals surface area (Å²) >= 11 is 1.81. The van der Waals surface area contributed by atoms with Crippen LogP contribution in [-0.4, -0.2) is 41.3 Å². The highest BCUT2D eigenvalue weighted by atomic mass is 32.2. The van der Waals surface area contributed by atoms with Crippen LogP contribution in [0.15, 0.2) is 30.3 Å². The fourth-order valence-corrected chi connectivity index (χ4v) is 3.02. The summed E-state index contributed by atoms with van der Waals surface area (Å²) in [5.74, 6) is 1.01. The van der Waals surface area contributed by atoms with E-state index >= 15 is 0 Å². The van der Waals surface area contributed by atoms with Gasteiger partial charge in [-0.25, -0.2) is 0 Å². The number of amides is 2. The second kappa shape index (κ2) is 7.50. The van der Waals surface area contributed by atoms with Crippen LogP contribution in [0.5, 0.6) is 0 Å². The van der Waals surface area contributed by atoms with E-state index in [-0.39, 0.29) is 17.9 Å². The molecular formula is C16H22N2O2S. The van der Waals surface area contributed by atoms with Crippen molar-refractivity contribution in [3.8, 4) is 0 Å². The minimum absolute atomic E-state index is 0.00236. The molecule has 0 radical (unpaired) electrons. The van der Waals surface area contributed by atoms with E-state index in [0.29, 0.717) is 6.54 Å². The molecule has 2 unspecified atom stereocenters. The molecule has 1 fully saturated rings. The van der Waals surface area contributed by atoms with Crippen LogP contribution in [0.2, 0.25) is 0 Å². The molecule has 1 aromatic rings. The smallest absolute Gasteiger partial charge is 0.250 e. The molecule has 21 heavy (non-hydrogen) atoms. The molecular weight excluding hydrogens is 284 g/mol. The minimum atomic E-state index is -0.546. The van der Waals surface area contributed by atoms with Crippen molar-refractivity contribution in [3.05, 3.63) is 35.9 Å². The number of rotatable bonds is 6. The van der Waals surface area contributed by atoms with E-state index in [4.69, 9.17) is 0 Å². The predicted molar refractivity (Wildman–Crippen MR) is 86.1 cm³/mol. The summed E-state index contributed by atoms with van der Waals surface area (Å²) < 4.78 is 0. The third kappa shape index (κ3) is 3.79. The van der Waals surface area contributed by atoms with Gasteiger partial charge in [-0.1, -0.05) is 30.3 Å². The zero-order chi connectivity index (χ0) is 15.2. The lowest BCUT2D eigenvalue weighted by Gasteiger charge is -2.37. The molecule has 4 nitrogen and oxygen atoms in total. The van der Waals surface area contributed by atoms with Crippen molar-refractivity contribution < 1.29 is 9.59 Å². The van der Waals surface area contributed by atoms with Crippen molar-refractivity contribution in [1.29, 1.82) is 0 Å². The van der Waals surface area contributed by atoms with Crippen molar-refractivity contribution in [2.24, 2.45) is 0 Å². The van der Waals surface area contributed by atoms with Crippen LogP contribution in [0.4, 0.5) is 0 Å². The zero-order valence-corrected chi connectivity index (χ0v) is 13.4. The molecule has 1 heterocycles. The third-order valence-electron chi connectivity index (χ3n) is 3.79. The molecule has 1 N–H and O–H groups in total. The van der Waals surface area contributed by atoms with Crippen molar-refractivity contribution in [2.75, 3.05) is 18.6 Å². The van der Waals surface area contributed by atoms with Gasteiger partial charge in [-0.05, 0) is 37.3 Å². The Balaban J connectivity index is 2.08. The van der Waals surface area contributed by atoms with Gasteiger partial charge in [0.2, 0.25) is 11.8 Å². The van der Waals surface area contributed by atoms with Gasteiger partial charge in [0.25, 0.3) is 0 Å². The summed E-state index contributed by atoms with van der Waals surface area (Å²) in [6.07, 6.45) is 4.08. The molecule has 5 heteroatoms. The predicted octanol–water partition coefficient (Wildman–Crippen LogP) is 2.22. The van der Waals surface area contributed by atoms with Crippen LogP contribution < -0.4 is 5.32 Å². The van der Waals surface area contributed by atoms with Gasteiger partial charge in [-0.15, -0.1) is 0 Å². The van der Waals surface area contributed by atoms with Crippen LogP contribution in [0, 0.1) is 0 Å². The van der Waals surface area contributed by atoms with Gasteiger partial charge in [0, 0.05) is 6.54 Å². The summed E-state index contributed by atoms with van der Waals surface area (Å²) in [6, 6.07) is 8.50. The number of carbonyl (C=O) groups excluding carboxylic acids is 2. The Bertz CT molecular complexity index is 492. The minimum Gasteiger partial charge on any atom is -0.339 e. The lowest BCUT2D eigenvalue weighted by molar-refractivity contribution is -0.148. The first-order chi connectivity index (χ1) is 10.1. The lowest BCUT2D eigenvalue weighted by Crippen LogP contribution is -2.58. The van der Waals surface area contributed by atoms with E-state index in [1.165, 1.54) is 0 Å². The molecule has 0 saturated carbocycles. The quantitative estimate of drug-likeness (QED) is 0.820. The van der Waals surface area contributed by atoms with Crippen LogP contribution in [0.25, 0.3) is 0 Å². The van der Waals surface area contributed by atoms with Crippen molar-refractivity contribution in [1.82, 2.24) is 10.2 Å². The highest BCUT2D eigenvalue weighted by Gasteiger charge is 2.38. The number of benzene rings is 1. The van der Waals surface area contributed by atoms with Crippen LogP contribution in [0.3, 0.4) is 0 Å². The van der Waals surface area contributed by atoms with Gasteiger partial charge in [0.1, 0.15) is 12.1 Å². The number of thioether (sulfide) groups is 1. The maximum absolute atomic E-state index is 12.7. The number of hydrogen-bond acceptors (Lipinski definition) is 3. The Labute approximate surface area is 130 Å². The number of nitrogens with one attached hydrogen (secondary N) is 1. The largest absolute Gasteiger partial charge is 0.339 e. The zero-order valence-electron chi connectivity index (χ0n) is 12.5. The summed E-state index contributed by atoms with van der Waals surface area (Å²) in [5.41, 5.74) is 0.844. The molecule has 1 saturated heterocycles. The Morgan fingerprint density at radius 1 is 1.19 bits per heavy atom. The number of hydrogen-bond donors (Lipinski definition) is 1. The van der Waals surface area contributed by atoms with Gasteiger partial charge in [-0.3, -0.25) is 9.59 Å². The van der Waals surface area contributed by atoms with Crippen LogP contribution in [-0.2, 0) is 9.59 Å². The SMILES string of the molecule is CSCCCCN1C(=O)C(c2ccccc2)NC(=O)C1C. The Morgan fingerprint density at radius 3 is 2.57 bits per heavy atom. The summed E-state index contributed by atoms with van der Waals surface area (Å²) in [6.45, 7) is 2.44. The second-order valence-electron chi connectivity index (χ2n) is 5.26. The highest BCUT2D eigenvalue weighted by Crippen LogP contribution is 2.22. The topological polar surface area (TPSA) is 49.4 Å². The third-order valence-corrected chi connectivity index (χ3v) is 4.49. The summed E-state index contributed by atoms with van der Waals surface area (Å²) in [5, 5.41) is 2.83. The van der Waals surface area contributed by atoms with E-state index < -0.39 is 6.04 Å². The molecule has 0 bridgehead atoms. The normalized spacial score (nSPS) is 22.3. The van der Waals surface area contributed by atoms with E-state index in [0.717, 1.165) is 24.2 Å². The molecule has 2 amide bonds. The van der Waals surface area contributed by atoms with Crippen molar-refractivity contribution in [2.45, 2.75) is 31.8 Å². The fourth-order valence-electron chi connectivity index (χ4n) is 2.53. The van der Waals surface area contributed by atoms with Crippen molar-refractivity contribution in [3.63, 3.8) is 0 Å². The number of piperazine rings is 1. The maximum atomic E-state index is 12.7. The first-order valence-electron chi connectivity index (χ1n) is 7.30. The number of nitrogens with zero attached hydrogens (tertiary/aromatic N) is 1. The molecule has 0 spiro atoms. The molecule has 0 aliphatic carbocycles. The summed E-state index contributed by atoms with van der Waals surface area (Å²) in [7, 11) is 0. The monoisotopic (exact) mass is 306 g/mol. The van der Waals surface area contributed by atoms with Gasteiger partial charge in [0.15, 0.2) is 0 Å². The number of carbonyl (C=O) groups is 2. The average molecular weight is 306 g/mol. The van der Waals surface area contributed by atoms with Gasteiger partial charge < -0.3 is 10.2 Å². The van der Waals surface area contributed by atoms with Crippen molar-refractivity contribution >= 4 is 23.6 Å². The molecule has 1 aromatic carbocycles. The molecule has 2 rings (SSSR count). The Morgan fingerprint density at radius 2 is 1.90 bits per heavy atom. The Hall–Kier alpha value is -1.49. The van der Waals surface area contributed by atoms with E-state index in [1.807, 2.05) is 30.3 Å². The average Bonchev–Trinajstić information content (AvgIpc) is 2.51. The van der Waals surface area contributed by atoms with E-state index in [1.54, 1.807) is 23.6 Å². The van der Waals surface area contributed by atoms with Gasteiger partial charge in [0.05, 0.1) is 0 Å². The molecule has 1 aliphatic rings. The van der Waals surface area contributed by atoms with Gasteiger partial charge in [-0.2, -0.15) is 11.8 Å². The maximum Gasteiger partial charge on any atom is 0.250 e. The molecule has 114 valence electrons. The van der Waals surface area contributed by atoms with E-state index in [2.05, 4.69) is 11.6 Å². The van der Waals surface area contributed by atoms with E-state index in [9.17, 15) is 9.59 Å².